The maximum absolute atomic E-state index is 12.4. The number of hydrogen-bond donors (Lipinski definition) is 1. The zero-order valence-corrected chi connectivity index (χ0v) is 13.2. The van der Waals surface area contributed by atoms with Gasteiger partial charge in [0.1, 0.15) is 0 Å². The first kappa shape index (κ1) is 15.2. The third-order valence-corrected chi connectivity index (χ3v) is 4.35. The summed E-state index contributed by atoms with van der Waals surface area (Å²) in [6, 6.07) is 6.49. The number of nitrogens with zero attached hydrogens (tertiary/aromatic N) is 1. The Balaban J connectivity index is 1.97. The fourth-order valence-electron chi connectivity index (χ4n) is 2.94. The fraction of sp³-hybridized carbons (Fsp3) is 0.562. The zero-order valence-electron chi connectivity index (χ0n) is 12.4. The van der Waals surface area contributed by atoms with E-state index in [0.717, 1.165) is 24.1 Å². The van der Waals surface area contributed by atoms with Crippen LogP contribution in [-0.2, 0) is 4.79 Å². The van der Waals surface area contributed by atoms with Gasteiger partial charge >= 0.3 is 0 Å². The summed E-state index contributed by atoms with van der Waals surface area (Å²) >= 11 is 6.17. The van der Waals surface area contributed by atoms with Crippen LogP contribution in [0.4, 0.5) is 5.69 Å². The van der Waals surface area contributed by atoms with Gasteiger partial charge in [-0.1, -0.05) is 17.7 Å². The number of hydrogen-bond acceptors (Lipinski definition) is 2. The van der Waals surface area contributed by atoms with E-state index in [9.17, 15) is 4.79 Å². The van der Waals surface area contributed by atoms with Crippen molar-refractivity contribution in [1.29, 1.82) is 0 Å². The summed E-state index contributed by atoms with van der Waals surface area (Å²) in [7, 11) is 0. The molecule has 1 aromatic rings. The lowest BCUT2D eigenvalue weighted by Crippen LogP contribution is -2.49. The molecule has 110 valence electrons. The van der Waals surface area contributed by atoms with Crippen LogP contribution in [0.1, 0.15) is 38.7 Å². The largest absolute Gasteiger partial charge is 0.375 e. The number of benzene rings is 1. The summed E-state index contributed by atoms with van der Waals surface area (Å²) in [5, 5.41) is 3.82. The number of halogens is 1. The predicted octanol–water partition coefficient (Wildman–Crippen LogP) is 3.85. The first-order valence-electron chi connectivity index (χ1n) is 7.30. The number of likely N-dealkylation sites (tertiary alicyclic amines) is 1. The van der Waals surface area contributed by atoms with E-state index in [1.54, 1.807) is 0 Å². The Hall–Kier alpha value is -1.22. The number of carbonyl (C=O) groups is 1. The number of piperidine rings is 1. The summed E-state index contributed by atoms with van der Waals surface area (Å²) < 4.78 is 0. The molecule has 0 radical (unpaired) electrons. The van der Waals surface area contributed by atoms with E-state index < -0.39 is 0 Å². The van der Waals surface area contributed by atoms with Crippen LogP contribution in [0.5, 0.6) is 0 Å². The normalized spacial score (nSPS) is 22.7. The van der Waals surface area contributed by atoms with Gasteiger partial charge < -0.3 is 10.2 Å². The minimum Gasteiger partial charge on any atom is -0.375 e. The number of amides is 1. The Morgan fingerprint density at radius 1 is 1.35 bits per heavy atom. The molecular formula is C16H23ClN2O. The lowest BCUT2D eigenvalue weighted by Gasteiger charge is -2.39. The van der Waals surface area contributed by atoms with Gasteiger partial charge in [-0.2, -0.15) is 0 Å². The van der Waals surface area contributed by atoms with Gasteiger partial charge in [-0.15, -0.1) is 0 Å². The van der Waals surface area contributed by atoms with Crippen LogP contribution in [-0.4, -0.2) is 29.4 Å². The summed E-state index contributed by atoms with van der Waals surface area (Å²) in [5.74, 6) is 0.154. The highest BCUT2D eigenvalue weighted by Gasteiger charge is 2.28. The number of rotatable bonds is 3. The zero-order chi connectivity index (χ0) is 14.7. The van der Waals surface area contributed by atoms with Crippen LogP contribution < -0.4 is 5.32 Å². The van der Waals surface area contributed by atoms with Gasteiger partial charge in [-0.3, -0.25) is 4.79 Å². The Labute approximate surface area is 126 Å². The lowest BCUT2D eigenvalue weighted by atomic mass is 9.97. The molecule has 1 amide bonds. The Kier molecular flexibility index (Phi) is 4.92. The van der Waals surface area contributed by atoms with E-state index in [4.69, 9.17) is 11.6 Å². The van der Waals surface area contributed by atoms with Crippen molar-refractivity contribution in [2.24, 2.45) is 0 Å². The Morgan fingerprint density at radius 2 is 2.00 bits per heavy atom. The molecular weight excluding hydrogens is 272 g/mol. The van der Waals surface area contributed by atoms with Crippen LogP contribution in [0.15, 0.2) is 18.2 Å². The van der Waals surface area contributed by atoms with Crippen molar-refractivity contribution in [2.75, 3.05) is 11.9 Å². The maximum atomic E-state index is 12.4. The van der Waals surface area contributed by atoms with E-state index in [1.807, 2.05) is 30.0 Å². The second kappa shape index (κ2) is 6.49. The third kappa shape index (κ3) is 3.45. The standard InChI is InChI=1S/C16H23ClN2O/c1-11-7-8-15(14(17)9-11)18-10-16(20)19-12(2)5-4-6-13(19)3/h7-9,12-13,18H,4-6,10H2,1-3H3. The second-order valence-electron chi connectivity index (χ2n) is 5.77. The minimum absolute atomic E-state index is 0.154. The minimum atomic E-state index is 0.154. The molecule has 0 aliphatic carbocycles. The van der Waals surface area contributed by atoms with Crippen molar-refractivity contribution in [2.45, 2.75) is 52.1 Å². The first-order valence-corrected chi connectivity index (χ1v) is 7.68. The van der Waals surface area contributed by atoms with Crippen LogP contribution in [0, 0.1) is 6.92 Å². The molecule has 3 nitrogen and oxygen atoms in total. The van der Waals surface area contributed by atoms with Crippen molar-refractivity contribution in [3.8, 4) is 0 Å². The average molecular weight is 295 g/mol. The fourth-order valence-corrected chi connectivity index (χ4v) is 3.24. The van der Waals surface area contributed by atoms with Gasteiger partial charge in [0.2, 0.25) is 5.91 Å². The molecule has 0 saturated carbocycles. The second-order valence-corrected chi connectivity index (χ2v) is 6.17. The molecule has 0 aromatic heterocycles. The highest BCUT2D eigenvalue weighted by molar-refractivity contribution is 6.33. The summed E-state index contributed by atoms with van der Waals surface area (Å²) in [6.45, 7) is 6.56. The Morgan fingerprint density at radius 3 is 2.60 bits per heavy atom. The molecule has 4 heteroatoms. The molecule has 1 fully saturated rings. The molecule has 0 bridgehead atoms. The topological polar surface area (TPSA) is 32.3 Å². The van der Waals surface area contributed by atoms with Crippen molar-refractivity contribution in [3.05, 3.63) is 28.8 Å². The van der Waals surface area contributed by atoms with Gasteiger partial charge in [0.25, 0.3) is 0 Å². The molecule has 1 aliphatic heterocycles. The molecule has 1 heterocycles. The average Bonchev–Trinajstić information content (AvgIpc) is 2.37. The van der Waals surface area contributed by atoms with E-state index >= 15 is 0 Å². The molecule has 2 atom stereocenters. The molecule has 1 aliphatic rings. The molecule has 1 N–H and O–H groups in total. The van der Waals surface area contributed by atoms with E-state index in [0.29, 0.717) is 23.7 Å². The highest BCUT2D eigenvalue weighted by Crippen LogP contribution is 2.24. The predicted molar refractivity (Wildman–Crippen MR) is 84.3 cm³/mol. The van der Waals surface area contributed by atoms with Crippen molar-refractivity contribution in [3.63, 3.8) is 0 Å². The van der Waals surface area contributed by atoms with Crippen molar-refractivity contribution >= 4 is 23.2 Å². The third-order valence-electron chi connectivity index (χ3n) is 4.04. The molecule has 2 unspecified atom stereocenters. The maximum Gasteiger partial charge on any atom is 0.242 e. The van der Waals surface area contributed by atoms with Gasteiger partial charge in [0.05, 0.1) is 17.3 Å². The lowest BCUT2D eigenvalue weighted by molar-refractivity contribution is -0.135. The van der Waals surface area contributed by atoms with Gasteiger partial charge in [-0.05, 0) is 57.7 Å². The highest BCUT2D eigenvalue weighted by atomic mass is 35.5. The van der Waals surface area contributed by atoms with Gasteiger partial charge in [0.15, 0.2) is 0 Å². The smallest absolute Gasteiger partial charge is 0.242 e. The van der Waals surface area contributed by atoms with Crippen molar-refractivity contribution < 1.29 is 4.79 Å². The SMILES string of the molecule is Cc1ccc(NCC(=O)N2C(C)CCCC2C)c(Cl)c1. The van der Waals surface area contributed by atoms with E-state index in [-0.39, 0.29) is 5.91 Å². The molecule has 20 heavy (non-hydrogen) atoms. The monoisotopic (exact) mass is 294 g/mol. The summed E-state index contributed by atoms with van der Waals surface area (Å²) in [6.07, 6.45) is 3.41. The first-order chi connectivity index (χ1) is 9.49. The molecule has 1 saturated heterocycles. The van der Waals surface area contributed by atoms with Crippen LogP contribution in [0.25, 0.3) is 0 Å². The summed E-state index contributed by atoms with van der Waals surface area (Å²) in [4.78, 5) is 14.4. The number of carbonyl (C=O) groups excluding carboxylic acids is 1. The number of anilines is 1. The van der Waals surface area contributed by atoms with E-state index in [2.05, 4.69) is 19.2 Å². The Bertz CT molecular complexity index is 479. The van der Waals surface area contributed by atoms with Crippen molar-refractivity contribution in [1.82, 2.24) is 4.90 Å². The van der Waals surface area contributed by atoms with Crippen LogP contribution in [0.2, 0.25) is 5.02 Å². The van der Waals surface area contributed by atoms with Gasteiger partial charge in [0, 0.05) is 12.1 Å². The van der Waals surface area contributed by atoms with Gasteiger partial charge in [-0.25, -0.2) is 0 Å². The summed E-state index contributed by atoms with van der Waals surface area (Å²) in [5.41, 5.74) is 1.94. The molecule has 2 rings (SSSR count). The molecule has 0 spiro atoms. The molecule has 1 aromatic carbocycles. The quantitative estimate of drug-likeness (QED) is 0.918. The number of nitrogens with one attached hydrogen (secondary N) is 1. The van der Waals surface area contributed by atoms with Crippen LogP contribution in [0.3, 0.4) is 0 Å². The number of aryl methyl sites for hydroxylation is 1. The van der Waals surface area contributed by atoms with Crippen LogP contribution >= 0.6 is 11.6 Å². The van der Waals surface area contributed by atoms with E-state index in [1.165, 1.54) is 6.42 Å².